The van der Waals surface area contributed by atoms with E-state index < -0.39 is 0 Å². The van der Waals surface area contributed by atoms with Crippen LogP contribution >= 0.6 is 0 Å². The number of hydrogen-bond donors (Lipinski definition) is 1. The Balaban J connectivity index is 1.40. The third kappa shape index (κ3) is 4.30. The third-order valence-corrected chi connectivity index (χ3v) is 6.52. The van der Waals surface area contributed by atoms with Crippen LogP contribution in [-0.2, 0) is 4.79 Å². The zero-order valence-corrected chi connectivity index (χ0v) is 17.3. The van der Waals surface area contributed by atoms with E-state index in [0.717, 1.165) is 61.8 Å². The Kier molecular flexibility index (Phi) is 6.14. The largest absolute Gasteiger partial charge is 0.354 e. The van der Waals surface area contributed by atoms with Crippen molar-refractivity contribution in [3.63, 3.8) is 0 Å². The first-order valence-corrected chi connectivity index (χ1v) is 11.0. The Morgan fingerprint density at radius 3 is 2.69 bits per heavy atom. The number of nitrogens with one attached hydrogen (secondary N) is 1. The van der Waals surface area contributed by atoms with Gasteiger partial charge in [-0.25, -0.2) is 0 Å². The summed E-state index contributed by atoms with van der Waals surface area (Å²) in [6, 6.07) is 14.3. The summed E-state index contributed by atoms with van der Waals surface area (Å²) in [4.78, 5) is 30.3. The molecule has 154 valence electrons. The van der Waals surface area contributed by atoms with E-state index in [-0.39, 0.29) is 17.7 Å². The molecule has 2 saturated heterocycles. The first kappa shape index (κ1) is 19.9. The molecule has 0 aliphatic carbocycles. The molecule has 2 aliphatic heterocycles. The monoisotopic (exact) mass is 393 g/mol. The Labute approximate surface area is 173 Å². The molecule has 2 atom stereocenters. The molecule has 2 fully saturated rings. The molecular formula is C24H31N3O2. The summed E-state index contributed by atoms with van der Waals surface area (Å²) in [6.45, 7) is 6.30. The van der Waals surface area contributed by atoms with Crippen LogP contribution in [0.1, 0.15) is 43.0 Å². The van der Waals surface area contributed by atoms with Gasteiger partial charge in [-0.2, -0.15) is 0 Å². The Bertz CT molecular complexity index is 876. The number of amides is 2. The van der Waals surface area contributed by atoms with Gasteiger partial charge in [-0.15, -0.1) is 0 Å². The van der Waals surface area contributed by atoms with Crippen LogP contribution in [0.3, 0.4) is 0 Å². The number of hydrogen-bond acceptors (Lipinski definition) is 3. The summed E-state index contributed by atoms with van der Waals surface area (Å²) in [6.07, 6.45) is 4.10. The van der Waals surface area contributed by atoms with Crippen molar-refractivity contribution in [2.45, 2.75) is 38.6 Å². The molecule has 2 aliphatic rings. The van der Waals surface area contributed by atoms with Gasteiger partial charge in [0.1, 0.15) is 0 Å². The predicted octanol–water partition coefficient (Wildman–Crippen LogP) is 3.29. The fourth-order valence-electron chi connectivity index (χ4n) is 4.86. The second kappa shape index (κ2) is 8.95. The maximum Gasteiger partial charge on any atom is 0.254 e. The van der Waals surface area contributed by atoms with Crippen LogP contribution in [0.2, 0.25) is 0 Å². The topological polar surface area (TPSA) is 52.7 Å². The zero-order valence-electron chi connectivity index (χ0n) is 17.3. The van der Waals surface area contributed by atoms with E-state index >= 15 is 0 Å². The molecule has 2 aromatic carbocycles. The van der Waals surface area contributed by atoms with Gasteiger partial charge in [0, 0.05) is 31.2 Å². The first-order chi connectivity index (χ1) is 14.2. The number of benzene rings is 2. The number of carbonyl (C=O) groups is 2. The molecule has 1 N–H and O–H groups in total. The minimum absolute atomic E-state index is 0.0345. The van der Waals surface area contributed by atoms with Gasteiger partial charge < -0.3 is 10.2 Å². The summed E-state index contributed by atoms with van der Waals surface area (Å²) in [7, 11) is 0. The minimum atomic E-state index is -0.112. The van der Waals surface area contributed by atoms with Crippen molar-refractivity contribution >= 4 is 22.6 Å². The fourth-order valence-corrected chi connectivity index (χ4v) is 4.86. The summed E-state index contributed by atoms with van der Waals surface area (Å²) in [5.74, 6) is 0.0229. The second-order valence-corrected chi connectivity index (χ2v) is 8.29. The van der Waals surface area contributed by atoms with Crippen molar-refractivity contribution in [1.29, 1.82) is 0 Å². The van der Waals surface area contributed by atoms with Crippen molar-refractivity contribution in [3.05, 3.63) is 48.0 Å². The SMILES string of the molecule is CCN1CCCC1CNC(=O)C1CCCN(C(=O)c2cccc3ccccc23)C1. The lowest BCUT2D eigenvalue weighted by molar-refractivity contribution is -0.126. The van der Waals surface area contributed by atoms with Crippen LogP contribution in [0.25, 0.3) is 10.8 Å². The highest BCUT2D eigenvalue weighted by atomic mass is 16.2. The molecule has 2 unspecified atom stereocenters. The number of fused-ring (bicyclic) bond motifs is 1. The number of likely N-dealkylation sites (tertiary alicyclic amines) is 2. The molecule has 2 heterocycles. The third-order valence-electron chi connectivity index (χ3n) is 6.52. The Hall–Kier alpha value is -2.40. The standard InChI is InChI=1S/C24H31N3O2/c1-2-26-14-7-11-20(26)16-25-23(28)19-10-6-15-27(17-19)24(29)22-13-5-9-18-8-3-4-12-21(18)22/h3-5,8-9,12-13,19-20H,2,6-7,10-11,14-17H2,1H3,(H,25,28). The normalized spacial score (nSPS) is 22.7. The van der Waals surface area contributed by atoms with Gasteiger partial charge in [-0.3, -0.25) is 14.5 Å². The van der Waals surface area contributed by atoms with Gasteiger partial charge in [-0.1, -0.05) is 43.3 Å². The lowest BCUT2D eigenvalue weighted by Gasteiger charge is -2.33. The Morgan fingerprint density at radius 2 is 1.83 bits per heavy atom. The molecule has 0 saturated carbocycles. The lowest BCUT2D eigenvalue weighted by atomic mass is 9.95. The molecule has 0 radical (unpaired) electrons. The van der Waals surface area contributed by atoms with E-state index in [4.69, 9.17) is 0 Å². The van der Waals surface area contributed by atoms with Crippen LogP contribution in [0.15, 0.2) is 42.5 Å². The van der Waals surface area contributed by atoms with E-state index in [1.54, 1.807) is 0 Å². The maximum atomic E-state index is 13.2. The smallest absolute Gasteiger partial charge is 0.254 e. The van der Waals surface area contributed by atoms with Crippen LogP contribution < -0.4 is 5.32 Å². The van der Waals surface area contributed by atoms with Crippen LogP contribution in [0, 0.1) is 5.92 Å². The highest BCUT2D eigenvalue weighted by Crippen LogP contribution is 2.24. The van der Waals surface area contributed by atoms with E-state index in [9.17, 15) is 9.59 Å². The minimum Gasteiger partial charge on any atom is -0.354 e. The number of piperidine rings is 1. The molecule has 29 heavy (non-hydrogen) atoms. The van der Waals surface area contributed by atoms with Gasteiger partial charge in [0.05, 0.1) is 5.92 Å². The van der Waals surface area contributed by atoms with Gasteiger partial charge in [0.2, 0.25) is 5.91 Å². The lowest BCUT2D eigenvalue weighted by Crippen LogP contribution is -2.47. The van der Waals surface area contributed by atoms with E-state index in [1.807, 2.05) is 47.4 Å². The second-order valence-electron chi connectivity index (χ2n) is 8.29. The van der Waals surface area contributed by atoms with Crippen LogP contribution in [0.4, 0.5) is 0 Å². The van der Waals surface area contributed by atoms with Crippen molar-refractivity contribution in [2.24, 2.45) is 5.92 Å². The molecule has 0 spiro atoms. The van der Waals surface area contributed by atoms with E-state index in [1.165, 1.54) is 6.42 Å². The molecule has 5 heteroatoms. The molecule has 0 aromatic heterocycles. The number of carbonyl (C=O) groups excluding carboxylic acids is 2. The molecular weight excluding hydrogens is 362 g/mol. The fraction of sp³-hybridized carbons (Fsp3) is 0.500. The van der Waals surface area contributed by atoms with Gasteiger partial charge >= 0.3 is 0 Å². The summed E-state index contributed by atoms with van der Waals surface area (Å²) < 4.78 is 0. The van der Waals surface area contributed by atoms with Gasteiger partial charge in [0.15, 0.2) is 0 Å². The maximum absolute atomic E-state index is 13.2. The average Bonchev–Trinajstić information content (AvgIpc) is 3.24. The van der Waals surface area contributed by atoms with E-state index in [2.05, 4.69) is 17.1 Å². The van der Waals surface area contributed by atoms with Gasteiger partial charge in [0.25, 0.3) is 5.91 Å². The highest BCUT2D eigenvalue weighted by molar-refractivity contribution is 6.07. The summed E-state index contributed by atoms with van der Waals surface area (Å²) >= 11 is 0. The predicted molar refractivity (Wildman–Crippen MR) is 116 cm³/mol. The molecule has 4 rings (SSSR count). The average molecular weight is 394 g/mol. The first-order valence-electron chi connectivity index (χ1n) is 11.0. The summed E-state index contributed by atoms with van der Waals surface area (Å²) in [5.41, 5.74) is 0.730. The molecule has 5 nitrogen and oxygen atoms in total. The van der Waals surface area contributed by atoms with Crippen molar-refractivity contribution in [1.82, 2.24) is 15.1 Å². The van der Waals surface area contributed by atoms with E-state index in [0.29, 0.717) is 12.6 Å². The molecule has 2 amide bonds. The molecule has 0 bridgehead atoms. The highest BCUT2D eigenvalue weighted by Gasteiger charge is 2.30. The quantitative estimate of drug-likeness (QED) is 0.848. The van der Waals surface area contributed by atoms with Crippen molar-refractivity contribution in [3.8, 4) is 0 Å². The summed E-state index contributed by atoms with van der Waals surface area (Å²) in [5, 5.41) is 5.22. The van der Waals surface area contributed by atoms with Crippen LogP contribution in [-0.4, -0.2) is 60.4 Å². The number of nitrogens with zero attached hydrogens (tertiary/aromatic N) is 2. The van der Waals surface area contributed by atoms with Gasteiger partial charge in [-0.05, 0) is 55.6 Å². The molecule has 2 aromatic rings. The van der Waals surface area contributed by atoms with Crippen molar-refractivity contribution in [2.75, 3.05) is 32.7 Å². The van der Waals surface area contributed by atoms with Crippen molar-refractivity contribution < 1.29 is 9.59 Å². The van der Waals surface area contributed by atoms with Crippen LogP contribution in [0.5, 0.6) is 0 Å². The number of rotatable bonds is 5. The zero-order chi connectivity index (χ0) is 20.2. The number of likely N-dealkylation sites (N-methyl/N-ethyl adjacent to an activating group) is 1. The Morgan fingerprint density at radius 1 is 1.03 bits per heavy atom.